The van der Waals surface area contributed by atoms with Gasteiger partial charge in [-0.15, -0.1) is 0 Å². The summed E-state index contributed by atoms with van der Waals surface area (Å²) in [7, 11) is 2.02. The van der Waals surface area contributed by atoms with Gasteiger partial charge in [0.2, 0.25) is 0 Å². The zero-order valence-electron chi connectivity index (χ0n) is 13.2. The van der Waals surface area contributed by atoms with Gasteiger partial charge in [0.05, 0.1) is 0 Å². The van der Waals surface area contributed by atoms with E-state index in [0.717, 1.165) is 24.4 Å². The van der Waals surface area contributed by atoms with Crippen LogP contribution in [0, 0.1) is 23.6 Å². The van der Waals surface area contributed by atoms with Gasteiger partial charge < -0.3 is 5.32 Å². The summed E-state index contributed by atoms with van der Waals surface area (Å²) >= 11 is 6.26. The van der Waals surface area contributed by atoms with Crippen molar-refractivity contribution in [2.75, 3.05) is 13.6 Å². The molecule has 3 unspecified atom stereocenters. The number of rotatable bonds is 6. The zero-order valence-corrected chi connectivity index (χ0v) is 13.9. The van der Waals surface area contributed by atoms with Crippen molar-refractivity contribution in [2.24, 2.45) is 17.8 Å². The molecule has 0 amide bonds. The Bertz CT molecular complexity index is 449. The molecule has 0 saturated heterocycles. The van der Waals surface area contributed by atoms with Crippen LogP contribution in [0.25, 0.3) is 0 Å². The van der Waals surface area contributed by atoms with Gasteiger partial charge in [0.1, 0.15) is 5.82 Å². The number of hydrogen-bond donors (Lipinski definition) is 1. The van der Waals surface area contributed by atoms with E-state index in [4.69, 9.17) is 11.6 Å². The van der Waals surface area contributed by atoms with Gasteiger partial charge in [-0.3, -0.25) is 0 Å². The van der Waals surface area contributed by atoms with Crippen molar-refractivity contribution in [3.63, 3.8) is 0 Å². The molecular formula is C18H27ClFN. The quantitative estimate of drug-likeness (QED) is 0.773. The first-order valence-corrected chi connectivity index (χ1v) is 8.60. The third-order valence-corrected chi connectivity index (χ3v) is 5.27. The molecule has 1 aromatic rings. The zero-order chi connectivity index (χ0) is 15.2. The highest BCUT2D eigenvalue weighted by atomic mass is 35.5. The van der Waals surface area contributed by atoms with Crippen LogP contribution in [0.5, 0.6) is 0 Å². The molecule has 3 atom stereocenters. The molecule has 0 radical (unpaired) electrons. The minimum Gasteiger partial charge on any atom is -0.319 e. The highest BCUT2D eigenvalue weighted by Gasteiger charge is 2.30. The molecule has 1 aliphatic rings. The maximum absolute atomic E-state index is 13.5. The van der Waals surface area contributed by atoms with Crippen LogP contribution in [0.1, 0.15) is 44.6 Å². The maximum atomic E-state index is 13.5. The average molecular weight is 312 g/mol. The van der Waals surface area contributed by atoms with Crippen LogP contribution in [0.15, 0.2) is 18.2 Å². The fourth-order valence-corrected chi connectivity index (χ4v) is 4.05. The van der Waals surface area contributed by atoms with Crippen molar-refractivity contribution in [2.45, 2.75) is 45.4 Å². The predicted molar refractivity (Wildman–Crippen MR) is 88.3 cm³/mol. The van der Waals surface area contributed by atoms with Crippen molar-refractivity contribution in [3.8, 4) is 0 Å². The molecule has 2 rings (SSSR count). The molecule has 1 aliphatic carbocycles. The molecule has 118 valence electrons. The molecule has 0 spiro atoms. The number of hydrogen-bond acceptors (Lipinski definition) is 1. The van der Waals surface area contributed by atoms with Gasteiger partial charge in [-0.1, -0.05) is 37.8 Å². The summed E-state index contributed by atoms with van der Waals surface area (Å²) < 4.78 is 13.5. The van der Waals surface area contributed by atoms with Gasteiger partial charge >= 0.3 is 0 Å². The van der Waals surface area contributed by atoms with Crippen LogP contribution in [0.2, 0.25) is 5.02 Å². The van der Waals surface area contributed by atoms with E-state index < -0.39 is 0 Å². The summed E-state index contributed by atoms with van der Waals surface area (Å²) in [6.45, 7) is 3.31. The largest absolute Gasteiger partial charge is 0.319 e. The number of halogens is 2. The Balaban J connectivity index is 2.09. The van der Waals surface area contributed by atoms with E-state index in [9.17, 15) is 4.39 Å². The SMILES string of the molecule is CCCC1CCC(CNC)C(Cc2cc(F)ccc2Cl)C1. The van der Waals surface area contributed by atoms with Crippen molar-refractivity contribution in [1.29, 1.82) is 0 Å². The minimum atomic E-state index is -0.180. The fraction of sp³-hybridized carbons (Fsp3) is 0.667. The first-order valence-electron chi connectivity index (χ1n) is 8.22. The van der Waals surface area contributed by atoms with Crippen molar-refractivity contribution >= 4 is 11.6 Å². The molecule has 1 fully saturated rings. The second-order valence-electron chi connectivity index (χ2n) is 6.49. The van der Waals surface area contributed by atoms with Gasteiger partial charge in [-0.25, -0.2) is 4.39 Å². The fourth-order valence-electron chi connectivity index (χ4n) is 3.86. The van der Waals surface area contributed by atoms with E-state index in [1.807, 2.05) is 7.05 Å². The van der Waals surface area contributed by atoms with Gasteiger partial charge in [0.25, 0.3) is 0 Å². The molecule has 3 heteroatoms. The summed E-state index contributed by atoms with van der Waals surface area (Å²) in [6.07, 6.45) is 7.36. The van der Waals surface area contributed by atoms with Crippen LogP contribution in [-0.4, -0.2) is 13.6 Å². The first-order chi connectivity index (χ1) is 10.1. The third kappa shape index (κ3) is 4.69. The van der Waals surface area contributed by atoms with E-state index in [2.05, 4.69) is 12.2 Å². The van der Waals surface area contributed by atoms with Crippen LogP contribution < -0.4 is 5.32 Å². The third-order valence-electron chi connectivity index (χ3n) is 4.90. The highest BCUT2D eigenvalue weighted by molar-refractivity contribution is 6.31. The Labute approximate surface area is 133 Å². The van der Waals surface area contributed by atoms with E-state index in [0.29, 0.717) is 16.9 Å². The van der Waals surface area contributed by atoms with Crippen LogP contribution in [0.3, 0.4) is 0 Å². The molecule has 0 bridgehead atoms. The minimum absolute atomic E-state index is 0.180. The van der Waals surface area contributed by atoms with Crippen LogP contribution in [0.4, 0.5) is 4.39 Å². The lowest BCUT2D eigenvalue weighted by Gasteiger charge is -2.36. The van der Waals surface area contributed by atoms with Gasteiger partial charge in [-0.05, 0) is 74.4 Å². The molecular weight excluding hydrogens is 285 g/mol. The van der Waals surface area contributed by atoms with Crippen molar-refractivity contribution < 1.29 is 4.39 Å². The normalized spacial score (nSPS) is 26.0. The monoisotopic (exact) mass is 311 g/mol. The Morgan fingerprint density at radius 1 is 1.29 bits per heavy atom. The smallest absolute Gasteiger partial charge is 0.123 e. The first kappa shape index (κ1) is 16.8. The standard InChI is InChI=1S/C18H27ClFN/c1-3-4-13-5-6-14(12-21-2)15(9-13)10-16-11-17(20)7-8-18(16)19/h7-8,11,13-15,21H,3-6,9-10,12H2,1-2H3. The van der Waals surface area contributed by atoms with Gasteiger partial charge in [0.15, 0.2) is 0 Å². The number of benzene rings is 1. The molecule has 0 aliphatic heterocycles. The molecule has 21 heavy (non-hydrogen) atoms. The summed E-state index contributed by atoms with van der Waals surface area (Å²) in [5, 5.41) is 4.02. The van der Waals surface area contributed by atoms with Gasteiger partial charge in [-0.2, -0.15) is 0 Å². The van der Waals surface area contributed by atoms with Crippen molar-refractivity contribution in [3.05, 3.63) is 34.6 Å². The number of nitrogens with one attached hydrogen (secondary N) is 1. The summed E-state index contributed by atoms with van der Waals surface area (Å²) in [4.78, 5) is 0. The Morgan fingerprint density at radius 2 is 2.10 bits per heavy atom. The van der Waals surface area contributed by atoms with E-state index in [1.165, 1.54) is 38.2 Å². The van der Waals surface area contributed by atoms with Crippen molar-refractivity contribution in [1.82, 2.24) is 5.32 Å². The molecule has 1 nitrogen and oxygen atoms in total. The maximum Gasteiger partial charge on any atom is 0.123 e. The Morgan fingerprint density at radius 3 is 2.81 bits per heavy atom. The van der Waals surface area contributed by atoms with E-state index in [1.54, 1.807) is 12.1 Å². The average Bonchev–Trinajstić information content (AvgIpc) is 2.46. The van der Waals surface area contributed by atoms with Crippen LogP contribution >= 0.6 is 11.6 Å². The topological polar surface area (TPSA) is 12.0 Å². The molecule has 0 heterocycles. The van der Waals surface area contributed by atoms with Gasteiger partial charge in [0, 0.05) is 5.02 Å². The molecule has 1 saturated carbocycles. The lowest BCUT2D eigenvalue weighted by atomic mass is 9.70. The summed E-state index contributed by atoms with van der Waals surface area (Å²) in [5.41, 5.74) is 0.972. The predicted octanol–water partition coefficient (Wildman–Crippen LogP) is 5.07. The highest BCUT2D eigenvalue weighted by Crippen LogP contribution is 2.38. The van der Waals surface area contributed by atoms with E-state index >= 15 is 0 Å². The van der Waals surface area contributed by atoms with Crippen LogP contribution in [-0.2, 0) is 6.42 Å². The summed E-state index contributed by atoms with van der Waals surface area (Å²) in [5.74, 6) is 1.95. The molecule has 1 aromatic carbocycles. The Hall–Kier alpha value is -0.600. The molecule has 1 N–H and O–H groups in total. The van der Waals surface area contributed by atoms with E-state index in [-0.39, 0.29) is 5.82 Å². The lowest BCUT2D eigenvalue weighted by Crippen LogP contribution is -2.33. The molecule has 0 aromatic heterocycles. The second-order valence-corrected chi connectivity index (χ2v) is 6.89. The lowest BCUT2D eigenvalue weighted by molar-refractivity contribution is 0.169. The summed E-state index contributed by atoms with van der Waals surface area (Å²) in [6, 6.07) is 4.74. The Kier molecular flexibility index (Phi) is 6.50. The second kappa shape index (κ2) is 8.14.